The lowest BCUT2D eigenvalue weighted by Crippen LogP contribution is -2.31. The van der Waals surface area contributed by atoms with E-state index in [1.165, 1.54) is 6.08 Å². The van der Waals surface area contributed by atoms with Crippen molar-refractivity contribution in [1.29, 1.82) is 0 Å². The first-order chi connectivity index (χ1) is 8.94. The molecule has 1 aromatic carbocycles. The number of carbonyl (C=O) groups excluding carboxylic acids is 1. The quantitative estimate of drug-likeness (QED) is 0.674. The summed E-state index contributed by atoms with van der Waals surface area (Å²) in [7, 11) is 0. The van der Waals surface area contributed by atoms with Crippen molar-refractivity contribution < 1.29 is 14.3 Å². The molecule has 1 unspecified atom stereocenters. The van der Waals surface area contributed by atoms with E-state index in [0.717, 1.165) is 5.75 Å². The Bertz CT molecular complexity index is 409. The maximum atomic E-state index is 11.3. The molecule has 0 fully saturated rings. The molecule has 0 N–H and O–H groups in total. The molecule has 0 aromatic heterocycles. The van der Waals surface area contributed by atoms with Crippen molar-refractivity contribution in [3.63, 3.8) is 0 Å². The van der Waals surface area contributed by atoms with Crippen LogP contribution in [0.25, 0.3) is 0 Å². The van der Waals surface area contributed by atoms with Gasteiger partial charge in [0.25, 0.3) is 0 Å². The van der Waals surface area contributed by atoms with Gasteiger partial charge >= 0.3 is 0 Å². The molecule has 3 heteroatoms. The molecular formula is C16H22O3. The van der Waals surface area contributed by atoms with E-state index in [1.54, 1.807) is 6.92 Å². The summed E-state index contributed by atoms with van der Waals surface area (Å²) in [5.41, 5.74) is -0.335. The van der Waals surface area contributed by atoms with E-state index < -0.39 is 6.10 Å². The van der Waals surface area contributed by atoms with Crippen LogP contribution in [0.5, 0.6) is 5.75 Å². The lowest BCUT2D eigenvalue weighted by atomic mass is 10.1. The molecular weight excluding hydrogens is 240 g/mol. The standard InChI is InChI=1S/C16H22O3/c1-5-15(17)13(2)18-12-11-16(3,4)19-14-9-7-6-8-10-14/h5-10,13H,1,11-12H2,2-4H3. The van der Waals surface area contributed by atoms with Crippen LogP contribution in [0, 0.1) is 0 Å². The van der Waals surface area contributed by atoms with Gasteiger partial charge in [-0.2, -0.15) is 0 Å². The second-order valence-electron chi connectivity index (χ2n) is 5.04. The molecule has 0 aliphatic carbocycles. The highest BCUT2D eigenvalue weighted by Gasteiger charge is 2.20. The van der Waals surface area contributed by atoms with Gasteiger partial charge in [0.2, 0.25) is 0 Å². The first kappa shape index (κ1) is 15.4. The van der Waals surface area contributed by atoms with Crippen LogP contribution < -0.4 is 4.74 Å². The summed E-state index contributed by atoms with van der Waals surface area (Å²) in [5.74, 6) is 0.740. The topological polar surface area (TPSA) is 35.5 Å². The van der Waals surface area contributed by atoms with Crippen LogP contribution in [0.3, 0.4) is 0 Å². The van der Waals surface area contributed by atoms with Gasteiger partial charge in [0, 0.05) is 6.42 Å². The molecule has 1 aromatic rings. The first-order valence-electron chi connectivity index (χ1n) is 6.46. The molecule has 0 amide bonds. The Morgan fingerprint density at radius 1 is 1.37 bits per heavy atom. The summed E-state index contributed by atoms with van der Waals surface area (Å²) >= 11 is 0. The maximum Gasteiger partial charge on any atom is 0.183 e. The molecule has 104 valence electrons. The Morgan fingerprint density at radius 3 is 2.58 bits per heavy atom. The molecule has 0 saturated heterocycles. The minimum Gasteiger partial charge on any atom is -0.488 e. The second kappa shape index (κ2) is 7.10. The van der Waals surface area contributed by atoms with E-state index >= 15 is 0 Å². The minimum atomic E-state index is -0.440. The fourth-order valence-corrected chi connectivity index (χ4v) is 1.59. The lowest BCUT2D eigenvalue weighted by Gasteiger charge is -2.27. The molecule has 0 heterocycles. The second-order valence-corrected chi connectivity index (χ2v) is 5.04. The van der Waals surface area contributed by atoms with Crippen LogP contribution in [-0.2, 0) is 9.53 Å². The number of ether oxygens (including phenoxy) is 2. The predicted molar refractivity (Wildman–Crippen MR) is 76.4 cm³/mol. The smallest absolute Gasteiger partial charge is 0.183 e. The summed E-state index contributed by atoms with van der Waals surface area (Å²) in [5, 5.41) is 0. The largest absolute Gasteiger partial charge is 0.488 e. The Morgan fingerprint density at radius 2 is 2.00 bits per heavy atom. The van der Waals surface area contributed by atoms with E-state index in [9.17, 15) is 4.79 Å². The van der Waals surface area contributed by atoms with Crippen molar-refractivity contribution in [2.75, 3.05) is 6.61 Å². The number of rotatable bonds is 8. The number of hydrogen-bond donors (Lipinski definition) is 0. The van der Waals surface area contributed by atoms with Crippen molar-refractivity contribution >= 4 is 5.78 Å². The molecule has 0 aliphatic rings. The van der Waals surface area contributed by atoms with Gasteiger partial charge in [0.05, 0.1) is 6.61 Å². The highest BCUT2D eigenvalue weighted by Crippen LogP contribution is 2.20. The van der Waals surface area contributed by atoms with Gasteiger partial charge in [0.15, 0.2) is 5.78 Å². The molecule has 19 heavy (non-hydrogen) atoms. The Hall–Kier alpha value is -1.61. The summed E-state index contributed by atoms with van der Waals surface area (Å²) in [4.78, 5) is 11.3. The molecule has 0 aliphatic heterocycles. The van der Waals surface area contributed by atoms with Gasteiger partial charge in [-0.15, -0.1) is 0 Å². The third kappa shape index (κ3) is 5.71. The molecule has 0 radical (unpaired) electrons. The molecule has 0 saturated carbocycles. The Labute approximate surface area is 115 Å². The number of carbonyl (C=O) groups is 1. The molecule has 0 spiro atoms. The van der Waals surface area contributed by atoms with E-state index in [4.69, 9.17) is 9.47 Å². The predicted octanol–water partition coefficient (Wildman–Crippen LogP) is 3.39. The van der Waals surface area contributed by atoms with Crippen molar-refractivity contribution in [2.24, 2.45) is 0 Å². The van der Waals surface area contributed by atoms with Crippen molar-refractivity contribution in [3.05, 3.63) is 43.0 Å². The third-order valence-electron chi connectivity index (χ3n) is 2.81. The molecule has 0 bridgehead atoms. The lowest BCUT2D eigenvalue weighted by molar-refractivity contribution is -0.125. The fraction of sp³-hybridized carbons (Fsp3) is 0.438. The third-order valence-corrected chi connectivity index (χ3v) is 2.81. The number of hydrogen-bond acceptors (Lipinski definition) is 3. The van der Waals surface area contributed by atoms with Crippen LogP contribution in [0.1, 0.15) is 27.2 Å². The Kier molecular flexibility index (Phi) is 5.77. The number of para-hydroxylation sites is 1. The fourth-order valence-electron chi connectivity index (χ4n) is 1.59. The summed E-state index contributed by atoms with van der Waals surface area (Å²) < 4.78 is 11.4. The molecule has 1 rings (SSSR count). The van der Waals surface area contributed by atoms with E-state index in [1.807, 2.05) is 44.2 Å². The summed E-state index contributed by atoms with van der Waals surface area (Å²) in [6.45, 7) is 9.65. The van der Waals surface area contributed by atoms with Gasteiger partial charge in [-0.3, -0.25) is 4.79 Å². The zero-order valence-electron chi connectivity index (χ0n) is 11.9. The Balaban J connectivity index is 2.39. The van der Waals surface area contributed by atoms with Gasteiger partial charge in [-0.05, 0) is 39.0 Å². The van der Waals surface area contributed by atoms with Gasteiger partial charge < -0.3 is 9.47 Å². The average Bonchev–Trinajstić information content (AvgIpc) is 2.38. The van der Waals surface area contributed by atoms with Crippen LogP contribution in [0.15, 0.2) is 43.0 Å². The van der Waals surface area contributed by atoms with Gasteiger partial charge in [-0.25, -0.2) is 0 Å². The van der Waals surface area contributed by atoms with E-state index in [2.05, 4.69) is 6.58 Å². The first-order valence-corrected chi connectivity index (χ1v) is 6.46. The SMILES string of the molecule is C=CC(=O)C(C)OCCC(C)(C)Oc1ccccc1. The minimum absolute atomic E-state index is 0.0956. The van der Waals surface area contributed by atoms with Gasteiger partial charge in [-0.1, -0.05) is 24.8 Å². The zero-order valence-corrected chi connectivity index (χ0v) is 11.9. The van der Waals surface area contributed by atoms with Gasteiger partial charge in [0.1, 0.15) is 17.5 Å². The summed E-state index contributed by atoms with van der Waals surface area (Å²) in [6, 6.07) is 9.67. The zero-order chi connectivity index (χ0) is 14.3. The normalized spacial score (nSPS) is 12.8. The molecule has 3 nitrogen and oxygen atoms in total. The van der Waals surface area contributed by atoms with Crippen LogP contribution in [0.2, 0.25) is 0 Å². The van der Waals surface area contributed by atoms with E-state index in [0.29, 0.717) is 13.0 Å². The molecule has 1 atom stereocenters. The van der Waals surface area contributed by atoms with Crippen molar-refractivity contribution in [2.45, 2.75) is 38.9 Å². The van der Waals surface area contributed by atoms with Crippen LogP contribution in [-0.4, -0.2) is 24.1 Å². The maximum absolute atomic E-state index is 11.3. The van der Waals surface area contributed by atoms with Crippen LogP contribution >= 0.6 is 0 Å². The van der Waals surface area contributed by atoms with Crippen LogP contribution in [0.4, 0.5) is 0 Å². The van der Waals surface area contributed by atoms with Crippen molar-refractivity contribution in [3.8, 4) is 5.75 Å². The van der Waals surface area contributed by atoms with E-state index in [-0.39, 0.29) is 11.4 Å². The average molecular weight is 262 g/mol. The monoisotopic (exact) mass is 262 g/mol. The summed E-state index contributed by atoms with van der Waals surface area (Å²) in [6.07, 6.45) is 1.55. The van der Waals surface area contributed by atoms with Crippen molar-refractivity contribution in [1.82, 2.24) is 0 Å². The highest BCUT2D eigenvalue weighted by molar-refractivity contribution is 5.92. The highest BCUT2D eigenvalue weighted by atomic mass is 16.5. The number of ketones is 1. The number of benzene rings is 1.